The van der Waals surface area contributed by atoms with Crippen molar-refractivity contribution in [2.75, 3.05) is 20.2 Å². The van der Waals surface area contributed by atoms with Crippen LogP contribution in [-0.4, -0.2) is 31.0 Å². The highest BCUT2D eigenvalue weighted by Crippen LogP contribution is 2.54. The third-order valence-corrected chi connectivity index (χ3v) is 7.39. The van der Waals surface area contributed by atoms with Crippen molar-refractivity contribution in [2.45, 2.75) is 51.6 Å². The molecule has 0 aromatic carbocycles. The zero-order valence-corrected chi connectivity index (χ0v) is 15.0. The van der Waals surface area contributed by atoms with Gasteiger partial charge >= 0.3 is 0 Å². The van der Waals surface area contributed by atoms with Crippen LogP contribution >= 0.6 is 11.3 Å². The maximum atomic E-state index is 13.0. The minimum absolute atomic E-state index is 0.0580. The fourth-order valence-electron chi connectivity index (χ4n) is 5.18. The van der Waals surface area contributed by atoms with Gasteiger partial charge in [-0.2, -0.15) is 0 Å². The van der Waals surface area contributed by atoms with E-state index in [4.69, 9.17) is 4.74 Å². The number of nitrogens with zero attached hydrogens (tertiary/aromatic N) is 1. The molecule has 23 heavy (non-hydrogen) atoms. The van der Waals surface area contributed by atoms with E-state index in [9.17, 15) is 4.79 Å². The van der Waals surface area contributed by atoms with E-state index in [1.165, 1.54) is 42.5 Å². The molecule has 2 unspecified atom stereocenters. The van der Waals surface area contributed by atoms with Crippen molar-refractivity contribution in [3.8, 4) is 0 Å². The Morgan fingerprint density at radius 2 is 2.26 bits per heavy atom. The second kappa shape index (κ2) is 5.89. The number of rotatable bonds is 4. The van der Waals surface area contributed by atoms with Crippen LogP contribution in [0, 0.1) is 17.3 Å². The van der Waals surface area contributed by atoms with Crippen LogP contribution in [-0.2, 0) is 16.0 Å². The molecule has 4 heteroatoms. The van der Waals surface area contributed by atoms with Crippen LogP contribution in [0.2, 0.25) is 0 Å². The minimum Gasteiger partial charge on any atom is -0.372 e. The SMILES string of the molecule is CC(C(=O)N(C)CC12CCC(CC1)C2)C1OCCc2sccc21. The summed E-state index contributed by atoms with van der Waals surface area (Å²) in [6, 6.07) is 2.14. The third kappa shape index (κ3) is 2.74. The highest BCUT2D eigenvalue weighted by Gasteiger charge is 2.46. The predicted molar refractivity (Wildman–Crippen MR) is 92.5 cm³/mol. The average Bonchev–Trinajstić information content (AvgIpc) is 3.27. The van der Waals surface area contributed by atoms with Crippen LogP contribution in [0.5, 0.6) is 0 Å². The van der Waals surface area contributed by atoms with Crippen LogP contribution in [0.1, 0.15) is 55.6 Å². The summed E-state index contributed by atoms with van der Waals surface area (Å²) in [7, 11) is 2.00. The fourth-order valence-corrected chi connectivity index (χ4v) is 6.08. The number of amides is 1. The Morgan fingerprint density at radius 3 is 2.96 bits per heavy atom. The summed E-state index contributed by atoms with van der Waals surface area (Å²) in [6.07, 6.45) is 7.66. The van der Waals surface area contributed by atoms with Crippen LogP contribution in [0.4, 0.5) is 0 Å². The highest BCUT2D eigenvalue weighted by molar-refractivity contribution is 7.10. The molecule has 2 atom stereocenters. The quantitative estimate of drug-likeness (QED) is 0.832. The third-order valence-electron chi connectivity index (χ3n) is 6.39. The van der Waals surface area contributed by atoms with E-state index in [1.807, 2.05) is 18.9 Å². The Morgan fingerprint density at radius 1 is 1.48 bits per heavy atom. The maximum Gasteiger partial charge on any atom is 0.228 e. The van der Waals surface area contributed by atoms with E-state index < -0.39 is 0 Å². The Hall–Kier alpha value is -0.870. The van der Waals surface area contributed by atoms with E-state index >= 15 is 0 Å². The van der Waals surface area contributed by atoms with Crippen molar-refractivity contribution in [2.24, 2.45) is 17.3 Å². The standard InChI is InChI=1S/C19H27NO2S/c1-13(17-15-6-10-23-16(15)5-9-22-17)18(21)20(2)12-19-7-3-14(11-19)4-8-19/h6,10,13-14,17H,3-5,7-9,11-12H2,1-2H3. The lowest BCUT2D eigenvalue weighted by atomic mass is 9.83. The van der Waals surface area contributed by atoms with Gasteiger partial charge in [0.25, 0.3) is 0 Å². The van der Waals surface area contributed by atoms with Crippen molar-refractivity contribution >= 4 is 17.2 Å². The molecule has 3 aliphatic rings. The lowest BCUT2D eigenvalue weighted by Gasteiger charge is -2.35. The molecule has 2 heterocycles. The van der Waals surface area contributed by atoms with E-state index in [0.29, 0.717) is 5.41 Å². The molecule has 1 aromatic rings. The summed E-state index contributed by atoms with van der Waals surface area (Å²) in [5, 5.41) is 2.13. The van der Waals surface area contributed by atoms with Gasteiger partial charge < -0.3 is 9.64 Å². The average molecular weight is 333 g/mol. The summed E-state index contributed by atoms with van der Waals surface area (Å²) in [4.78, 5) is 16.4. The van der Waals surface area contributed by atoms with Crippen molar-refractivity contribution in [3.05, 3.63) is 21.9 Å². The Labute approximate surface area is 143 Å². The monoisotopic (exact) mass is 333 g/mol. The molecule has 126 valence electrons. The summed E-state index contributed by atoms with van der Waals surface area (Å²) < 4.78 is 5.98. The molecule has 0 saturated heterocycles. The van der Waals surface area contributed by atoms with Gasteiger partial charge in [-0.05, 0) is 60.4 Å². The van der Waals surface area contributed by atoms with Gasteiger partial charge in [-0.3, -0.25) is 4.79 Å². The number of hydrogen-bond acceptors (Lipinski definition) is 3. The molecule has 2 aliphatic carbocycles. The second-order valence-corrected chi connectivity index (χ2v) is 8.97. The van der Waals surface area contributed by atoms with Crippen LogP contribution in [0.25, 0.3) is 0 Å². The van der Waals surface area contributed by atoms with Crippen molar-refractivity contribution < 1.29 is 9.53 Å². The number of hydrogen-bond donors (Lipinski definition) is 0. The van der Waals surface area contributed by atoms with Crippen molar-refractivity contribution in [3.63, 3.8) is 0 Å². The molecule has 0 spiro atoms. The molecule has 0 radical (unpaired) electrons. The van der Waals surface area contributed by atoms with E-state index in [0.717, 1.165) is 25.5 Å². The normalized spacial score (nSPS) is 33.5. The Bertz CT molecular complexity index is 588. The van der Waals surface area contributed by atoms with E-state index in [2.05, 4.69) is 11.4 Å². The molecule has 2 bridgehead atoms. The van der Waals surface area contributed by atoms with Crippen LogP contribution in [0.3, 0.4) is 0 Å². The molecular formula is C19H27NO2S. The molecule has 1 amide bonds. The first-order valence-corrected chi connectivity index (χ1v) is 9.89. The maximum absolute atomic E-state index is 13.0. The number of fused-ring (bicyclic) bond motifs is 3. The summed E-state index contributed by atoms with van der Waals surface area (Å²) >= 11 is 1.80. The first-order valence-electron chi connectivity index (χ1n) is 9.01. The first kappa shape index (κ1) is 15.6. The molecular weight excluding hydrogens is 306 g/mol. The van der Waals surface area contributed by atoms with Gasteiger partial charge in [0.15, 0.2) is 0 Å². The predicted octanol–water partition coefficient (Wildman–Crippen LogP) is 4.04. The Kier molecular flexibility index (Phi) is 4.01. The number of ether oxygens (including phenoxy) is 1. The summed E-state index contributed by atoms with van der Waals surface area (Å²) in [5.74, 6) is 1.09. The summed E-state index contributed by atoms with van der Waals surface area (Å²) in [5.41, 5.74) is 1.67. The molecule has 1 aliphatic heterocycles. The molecule has 4 rings (SSSR count). The Balaban J connectivity index is 1.44. The van der Waals surface area contributed by atoms with Gasteiger partial charge in [-0.25, -0.2) is 0 Å². The number of carbonyl (C=O) groups is 1. The number of carbonyl (C=O) groups excluding carboxylic acids is 1. The largest absolute Gasteiger partial charge is 0.372 e. The van der Waals surface area contributed by atoms with Crippen LogP contribution in [0.15, 0.2) is 11.4 Å². The minimum atomic E-state index is -0.0938. The molecule has 3 nitrogen and oxygen atoms in total. The van der Waals surface area contributed by atoms with Crippen molar-refractivity contribution in [1.29, 1.82) is 0 Å². The van der Waals surface area contributed by atoms with E-state index in [-0.39, 0.29) is 17.9 Å². The van der Waals surface area contributed by atoms with E-state index in [1.54, 1.807) is 11.3 Å². The zero-order chi connectivity index (χ0) is 16.0. The second-order valence-electron chi connectivity index (χ2n) is 7.97. The molecule has 1 aromatic heterocycles. The lowest BCUT2D eigenvalue weighted by Crippen LogP contribution is -2.41. The van der Waals surface area contributed by atoms with Crippen LogP contribution < -0.4 is 0 Å². The van der Waals surface area contributed by atoms with Crippen molar-refractivity contribution in [1.82, 2.24) is 4.90 Å². The highest BCUT2D eigenvalue weighted by atomic mass is 32.1. The van der Waals surface area contributed by atoms with Gasteiger partial charge in [0.1, 0.15) is 0 Å². The topological polar surface area (TPSA) is 29.5 Å². The molecule has 0 N–H and O–H groups in total. The number of thiophene rings is 1. The van der Waals surface area contributed by atoms with Gasteiger partial charge in [0.2, 0.25) is 5.91 Å². The summed E-state index contributed by atoms with van der Waals surface area (Å²) in [6.45, 7) is 3.72. The molecule has 2 saturated carbocycles. The van der Waals surface area contributed by atoms with Gasteiger partial charge in [-0.1, -0.05) is 6.92 Å². The lowest BCUT2D eigenvalue weighted by molar-refractivity contribution is -0.141. The van der Waals surface area contributed by atoms with Gasteiger partial charge in [-0.15, -0.1) is 11.3 Å². The smallest absolute Gasteiger partial charge is 0.228 e. The molecule has 2 fully saturated rings. The first-order chi connectivity index (χ1) is 11.1. The fraction of sp³-hybridized carbons (Fsp3) is 0.737. The van der Waals surface area contributed by atoms with Gasteiger partial charge in [0, 0.05) is 24.9 Å². The zero-order valence-electron chi connectivity index (χ0n) is 14.2. The van der Waals surface area contributed by atoms with Gasteiger partial charge in [0.05, 0.1) is 18.6 Å².